The molecule has 0 spiro atoms. The molecule has 0 aromatic heterocycles. The highest BCUT2D eigenvalue weighted by Crippen LogP contribution is 2.55. The lowest BCUT2D eigenvalue weighted by Gasteiger charge is -2.45. The standard InChI is InChI=1S/C14H23NO/c1-3-11-6-8-14(10-15,9-7-11)13(2,16)12-4-5-12/h11-12,16H,3-9H2,1-2H3. The molecule has 2 heteroatoms. The molecule has 1 N–H and O–H groups in total. The van der Waals surface area contributed by atoms with Crippen molar-refractivity contribution >= 4 is 0 Å². The Bertz CT molecular complexity index is 290. The van der Waals surface area contributed by atoms with Crippen LogP contribution in [-0.2, 0) is 0 Å². The van der Waals surface area contributed by atoms with E-state index in [0.717, 1.165) is 44.4 Å². The van der Waals surface area contributed by atoms with Gasteiger partial charge in [0.1, 0.15) is 0 Å². The average molecular weight is 221 g/mol. The summed E-state index contributed by atoms with van der Waals surface area (Å²) in [4.78, 5) is 0. The van der Waals surface area contributed by atoms with Crippen molar-refractivity contribution < 1.29 is 5.11 Å². The molecule has 0 aromatic rings. The van der Waals surface area contributed by atoms with Crippen LogP contribution in [0, 0.1) is 28.6 Å². The van der Waals surface area contributed by atoms with Crippen molar-refractivity contribution in [3.63, 3.8) is 0 Å². The first-order valence-electron chi connectivity index (χ1n) is 6.69. The Morgan fingerprint density at radius 2 is 1.88 bits per heavy atom. The number of hydrogen-bond donors (Lipinski definition) is 1. The molecular weight excluding hydrogens is 198 g/mol. The van der Waals surface area contributed by atoms with Crippen LogP contribution in [0.25, 0.3) is 0 Å². The van der Waals surface area contributed by atoms with E-state index in [1.54, 1.807) is 0 Å². The molecule has 16 heavy (non-hydrogen) atoms. The number of nitrogens with zero attached hydrogens (tertiary/aromatic N) is 1. The second-order valence-electron chi connectivity index (χ2n) is 5.97. The van der Waals surface area contributed by atoms with Gasteiger partial charge in [-0.3, -0.25) is 0 Å². The lowest BCUT2D eigenvalue weighted by Crippen LogP contribution is -2.49. The minimum Gasteiger partial charge on any atom is -0.388 e. The molecule has 2 rings (SSSR count). The van der Waals surface area contributed by atoms with E-state index in [0.29, 0.717) is 5.92 Å². The Labute approximate surface area is 98.7 Å². The van der Waals surface area contributed by atoms with Crippen LogP contribution in [0.15, 0.2) is 0 Å². The zero-order chi connectivity index (χ0) is 11.8. The molecule has 0 amide bonds. The Morgan fingerprint density at radius 1 is 1.31 bits per heavy atom. The van der Waals surface area contributed by atoms with Gasteiger partial charge >= 0.3 is 0 Å². The molecular formula is C14H23NO. The first kappa shape index (κ1) is 11.9. The van der Waals surface area contributed by atoms with Crippen LogP contribution in [-0.4, -0.2) is 10.7 Å². The monoisotopic (exact) mass is 221 g/mol. The number of rotatable bonds is 3. The SMILES string of the molecule is CCC1CCC(C#N)(C(C)(O)C2CC2)CC1. The highest BCUT2D eigenvalue weighted by molar-refractivity contribution is 5.15. The fourth-order valence-corrected chi connectivity index (χ4v) is 3.35. The predicted octanol–water partition coefficient (Wildman–Crippen LogP) is 3.26. The molecule has 0 saturated heterocycles. The van der Waals surface area contributed by atoms with Crippen molar-refractivity contribution in [3.8, 4) is 6.07 Å². The third kappa shape index (κ3) is 1.76. The lowest BCUT2D eigenvalue weighted by atomic mass is 9.61. The van der Waals surface area contributed by atoms with Crippen molar-refractivity contribution in [2.24, 2.45) is 17.3 Å². The highest BCUT2D eigenvalue weighted by atomic mass is 16.3. The van der Waals surface area contributed by atoms with Crippen LogP contribution < -0.4 is 0 Å². The molecule has 0 heterocycles. The maximum Gasteiger partial charge on any atom is 0.0860 e. The first-order valence-corrected chi connectivity index (χ1v) is 6.69. The molecule has 2 nitrogen and oxygen atoms in total. The highest BCUT2D eigenvalue weighted by Gasteiger charge is 2.56. The summed E-state index contributed by atoms with van der Waals surface area (Å²) in [5, 5.41) is 20.2. The Morgan fingerprint density at radius 3 is 2.25 bits per heavy atom. The smallest absolute Gasteiger partial charge is 0.0860 e. The second kappa shape index (κ2) is 4.04. The van der Waals surface area contributed by atoms with Crippen molar-refractivity contribution in [2.45, 2.75) is 64.4 Å². The third-order valence-electron chi connectivity index (χ3n) is 5.09. The van der Waals surface area contributed by atoms with Crippen molar-refractivity contribution in [2.75, 3.05) is 0 Å². The van der Waals surface area contributed by atoms with E-state index in [-0.39, 0.29) is 0 Å². The van der Waals surface area contributed by atoms with E-state index in [9.17, 15) is 10.4 Å². The number of hydrogen-bond acceptors (Lipinski definition) is 2. The molecule has 2 aliphatic carbocycles. The lowest BCUT2D eigenvalue weighted by molar-refractivity contribution is -0.0806. The topological polar surface area (TPSA) is 44.0 Å². The molecule has 1 unspecified atom stereocenters. The van der Waals surface area contributed by atoms with Crippen LogP contribution in [0.2, 0.25) is 0 Å². The minimum atomic E-state index is -0.750. The van der Waals surface area contributed by atoms with Gasteiger partial charge in [-0.2, -0.15) is 5.26 Å². The molecule has 1 atom stereocenters. The molecule has 2 saturated carbocycles. The summed E-state index contributed by atoms with van der Waals surface area (Å²) in [5.41, 5.74) is -1.21. The summed E-state index contributed by atoms with van der Waals surface area (Å²) in [6.45, 7) is 4.13. The summed E-state index contributed by atoms with van der Waals surface area (Å²) in [7, 11) is 0. The predicted molar refractivity (Wildman–Crippen MR) is 63.6 cm³/mol. The minimum absolute atomic E-state index is 0.380. The fourth-order valence-electron chi connectivity index (χ4n) is 3.35. The zero-order valence-electron chi connectivity index (χ0n) is 10.5. The molecule has 0 bridgehead atoms. The van der Waals surface area contributed by atoms with Crippen LogP contribution >= 0.6 is 0 Å². The summed E-state index contributed by atoms with van der Waals surface area (Å²) >= 11 is 0. The zero-order valence-corrected chi connectivity index (χ0v) is 10.5. The van der Waals surface area contributed by atoms with E-state index in [1.807, 2.05) is 6.92 Å². The van der Waals surface area contributed by atoms with Crippen LogP contribution in [0.4, 0.5) is 0 Å². The van der Waals surface area contributed by atoms with Gasteiger partial charge in [0.2, 0.25) is 0 Å². The van der Waals surface area contributed by atoms with Gasteiger partial charge < -0.3 is 5.11 Å². The van der Waals surface area contributed by atoms with Gasteiger partial charge in [-0.1, -0.05) is 13.3 Å². The summed E-state index contributed by atoms with van der Waals surface area (Å²) < 4.78 is 0. The third-order valence-corrected chi connectivity index (χ3v) is 5.09. The number of nitriles is 1. The summed E-state index contributed by atoms with van der Waals surface area (Å²) in [6, 6.07) is 2.47. The number of aliphatic hydroxyl groups is 1. The average Bonchev–Trinajstić information content (AvgIpc) is 3.13. The Kier molecular flexibility index (Phi) is 3.01. The molecule has 0 radical (unpaired) electrons. The Hall–Kier alpha value is -0.550. The van der Waals surface area contributed by atoms with Crippen molar-refractivity contribution in [1.29, 1.82) is 5.26 Å². The molecule has 0 aliphatic heterocycles. The van der Waals surface area contributed by atoms with Crippen LogP contribution in [0.1, 0.15) is 58.8 Å². The second-order valence-corrected chi connectivity index (χ2v) is 5.97. The van der Waals surface area contributed by atoms with Gasteiger partial charge in [-0.05, 0) is 57.3 Å². The van der Waals surface area contributed by atoms with E-state index < -0.39 is 11.0 Å². The quantitative estimate of drug-likeness (QED) is 0.795. The van der Waals surface area contributed by atoms with Gasteiger partial charge in [0.15, 0.2) is 0 Å². The first-order chi connectivity index (χ1) is 7.55. The van der Waals surface area contributed by atoms with Crippen LogP contribution in [0.3, 0.4) is 0 Å². The van der Waals surface area contributed by atoms with Crippen LogP contribution in [0.5, 0.6) is 0 Å². The molecule has 2 aliphatic rings. The maximum atomic E-state index is 10.7. The maximum absolute atomic E-state index is 10.7. The van der Waals surface area contributed by atoms with Crippen molar-refractivity contribution in [3.05, 3.63) is 0 Å². The molecule has 2 fully saturated rings. The van der Waals surface area contributed by atoms with E-state index in [1.165, 1.54) is 6.42 Å². The largest absolute Gasteiger partial charge is 0.388 e. The van der Waals surface area contributed by atoms with Crippen molar-refractivity contribution in [1.82, 2.24) is 0 Å². The van der Waals surface area contributed by atoms with E-state index in [4.69, 9.17) is 0 Å². The molecule has 90 valence electrons. The van der Waals surface area contributed by atoms with Gasteiger partial charge in [0, 0.05) is 0 Å². The summed E-state index contributed by atoms with van der Waals surface area (Å²) in [5.74, 6) is 1.15. The molecule has 0 aromatic carbocycles. The Balaban J connectivity index is 2.12. The normalized spacial score (nSPS) is 38.8. The summed E-state index contributed by atoms with van der Waals surface area (Å²) in [6.07, 6.45) is 7.45. The van der Waals surface area contributed by atoms with Gasteiger partial charge in [-0.15, -0.1) is 0 Å². The van der Waals surface area contributed by atoms with E-state index >= 15 is 0 Å². The van der Waals surface area contributed by atoms with Gasteiger partial charge in [0.25, 0.3) is 0 Å². The van der Waals surface area contributed by atoms with E-state index in [2.05, 4.69) is 13.0 Å². The van der Waals surface area contributed by atoms with Gasteiger partial charge in [0.05, 0.1) is 17.1 Å². The fraction of sp³-hybridized carbons (Fsp3) is 0.929. The van der Waals surface area contributed by atoms with Gasteiger partial charge in [-0.25, -0.2) is 0 Å².